The maximum absolute atomic E-state index is 12.6. The first-order valence-electron chi connectivity index (χ1n) is 11.1. The Morgan fingerprint density at radius 2 is 2.06 bits per heavy atom. The zero-order chi connectivity index (χ0) is 21.9. The minimum absolute atomic E-state index is 0.185. The Labute approximate surface area is 186 Å². The molecule has 0 bridgehead atoms. The van der Waals surface area contributed by atoms with Crippen LogP contribution < -0.4 is 15.4 Å². The number of benzene rings is 1. The van der Waals surface area contributed by atoms with E-state index in [1.165, 1.54) is 24.8 Å². The average molecular weight is 430 g/mol. The second-order valence-electron chi connectivity index (χ2n) is 8.43. The monoisotopic (exact) mass is 429 g/mol. The van der Waals surface area contributed by atoms with E-state index in [0.717, 1.165) is 46.5 Å². The van der Waals surface area contributed by atoms with Crippen LogP contribution in [0.5, 0.6) is 5.88 Å². The molecule has 0 unspecified atom stereocenters. The molecule has 5 rings (SSSR count). The highest BCUT2D eigenvalue weighted by molar-refractivity contribution is 5.97. The molecular formula is C25H27N5O2. The predicted octanol–water partition coefficient (Wildman–Crippen LogP) is 3.94. The van der Waals surface area contributed by atoms with Gasteiger partial charge in [-0.3, -0.25) is 4.79 Å². The van der Waals surface area contributed by atoms with Gasteiger partial charge in [0.05, 0.1) is 24.9 Å². The molecule has 0 atom stereocenters. The maximum atomic E-state index is 12.6. The minimum atomic E-state index is -0.185. The van der Waals surface area contributed by atoms with Crippen LogP contribution in [0.1, 0.15) is 40.9 Å². The molecule has 1 fully saturated rings. The van der Waals surface area contributed by atoms with Gasteiger partial charge in [0.15, 0.2) is 0 Å². The first-order chi connectivity index (χ1) is 15.7. The van der Waals surface area contributed by atoms with E-state index in [4.69, 9.17) is 4.74 Å². The SMILES string of the molecule is COc1nc(CNC(=O)c2cnc3[nH]ccc3c2)cc2cc(CNCC3CCC3)ccc12. The third-order valence-electron chi connectivity index (χ3n) is 6.19. The molecule has 7 nitrogen and oxygen atoms in total. The van der Waals surface area contributed by atoms with Crippen LogP contribution in [0.4, 0.5) is 0 Å². The molecule has 3 heterocycles. The number of fused-ring (bicyclic) bond motifs is 2. The molecule has 0 saturated heterocycles. The molecule has 32 heavy (non-hydrogen) atoms. The van der Waals surface area contributed by atoms with Gasteiger partial charge in [-0.25, -0.2) is 9.97 Å². The summed E-state index contributed by atoms with van der Waals surface area (Å²) in [5, 5.41) is 9.44. The minimum Gasteiger partial charge on any atom is -0.481 e. The number of aromatic amines is 1. The number of amides is 1. The Hall–Kier alpha value is -3.45. The summed E-state index contributed by atoms with van der Waals surface area (Å²) in [6.45, 7) is 2.23. The van der Waals surface area contributed by atoms with Gasteiger partial charge < -0.3 is 20.4 Å². The van der Waals surface area contributed by atoms with Crippen molar-refractivity contribution in [2.75, 3.05) is 13.7 Å². The lowest BCUT2D eigenvalue weighted by Gasteiger charge is -2.25. The van der Waals surface area contributed by atoms with E-state index in [9.17, 15) is 4.79 Å². The summed E-state index contributed by atoms with van der Waals surface area (Å²) < 4.78 is 5.52. The Bertz CT molecular complexity index is 1260. The Kier molecular flexibility index (Phi) is 5.73. The summed E-state index contributed by atoms with van der Waals surface area (Å²) >= 11 is 0. The second kappa shape index (κ2) is 8.96. The number of aromatic nitrogens is 3. The third kappa shape index (κ3) is 4.29. The Balaban J connectivity index is 1.30. The van der Waals surface area contributed by atoms with Gasteiger partial charge in [-0.1, -0.05) is 12.5 Å². The zero-order valence-electron chi connectivity index (χ0n) is 18.1. The van der Waals surface area contributed by atoms with Crippen molar-refractivity contribution in [3.63, 3.8) is 0 Å². The van der Waals surface area contributed by atoms with E-state index >= 15 is 0 Å². The number of carbonyl (C=O) groups excluding carboxylic acids is 1. The normalized spacial score (nSPS) is 13.9. The van der Waals surface area contributed by atoms with Gasteiger partial charge in [0.25, 0.3) is 5.91 Å². The van der Waals surface area contributed by atoms with Crippen molar-refractivity contribution in [3.05, 3.63) is 65.6 Å². The number of ether oxygens (including phenoxy) is 1. The van der Waals surface area contributed by atoms with Crippen molar-refractivity contribution in [2.45, 2.75) is 32.4 Å². The van der Waals surface area contributed by atoms with Gasteiger partial charge >= 0.3 is 0 Å². The summed E-state index contributed by atoms with van der Waals surface area (Å²) in [4.78, 5) is 24.5. The van der Waals surface area contributed by atoms with Crippen molar-refractivity contribution in [3.8, 4) is 5.88 Å². The van der Waals surface area contributed by atoms with Crippen molar-refractivity contribution in [1.82, 2.24) is 25.6 Å². The van der Waals surface area contributed by atoms with E-state index < -0.39 is 0 Å². The van der Waals surface area contributed by atoms with Crippen molar-refractivity contribution >= 4 is 27.7 Å². The molecule has 7 heteroatoms. The van der Waals surface area contributed by atoms with E-state index in [-0.39, 0.29) is 5.91 Å². The van der Waals surface area contributed by atoms with E-state index in [0.29, 0.717) is 18.0 Å². The average Bonchev–Trinajstić information content (AvgIpc) is 3.26. The summed E-state index contributed by atoms with van der Waals surface area (Å²) in [5.74, 6) is 1.22. The fraction of sp³-hybridized carbons (Fsp3) is 0.320. The van der Waals surface area contributed by atoms with Gasteiger partial charge in [-0.05, 0) is 66.6 Å². The highest BCUT2D eigenvalue weighted by Gasteiger charge is 2.16. The van der Waals surface area contributed by atoms with Crippen LogP contribution in [0.15, 0.2) is 48.8 Å². The quantitative estimate of drug-likeness (QED) is 0.395. The van der Waals surface area contributed by atoms with Crippen LogP contribution in [0.2, 0.25) is 0 Å². The second-order valence-corrected chi connectivity index (χ2v) is 8.43. The van der Waals surface area contributed by atoms with Crippen LogP contribution in [-0.2, 0) is 13.1 Å². The summed E-state index contributed by atoms with van der Waals surface area (Å²) in [7, 11) is 1.62. The molecule has 0 spiro atoms. The molecule has 1 saturated carbocycles. The van der Waals surface area contributed by atoms with Gasteiger partial charge in [0.1, 0.15) is 5.65 Å². The number of nitrogens with one attached hydrogen (secondary N) is 3. The first-order valence-corrected chi connectivity index (χ1v) is 11.1. The largest absolute Gasteiger partial charge is 0.481 e. The van der Waals surface area contributed by atoms with Gasteiger partial charge in [0.2, 0.25) is 5.88 Å². The van der Waals surface area contributed by atoms with Gasteiger partial charge in [-0.2, -0.15) is 0 Å². The number of methoxy groups -OCH3 is 1. The molecular weight excluding hydrogens is 402 g/mol. The standard InChI is InChI=1S/C25H27N5O2/c1-32-25-22-6-5-17(13-26-12-16-3-2-4-16)9-19(22)11-21(30-25)15-29-24(31)20-10-18-7-8-27-23(18)28-14-20/h5-11,14,16,26H,2-4,12-13,15H2,1H3,(H,27,28)(H,29,31). The Morgan fingerprint density at radius 3 is 2.88 bits per heavy atom. The number of nitrogens with zero attached hydrogens (tertiary/aromatic N) is 2. The first kappa shape index (κ1) is 20.5. The van der Waals surface area contributed by atoms with Crippen molar-refractivity contribution < 1.29 is 9.53 Å². The summed E-state index contributed by atoms with van der Waals surface area (Å²) in [6.07, 6.45) is 7.44. The lowest BCUT2D eigenvalue weighted by Crippen LogP contribution is -2.26. The fourth-order valence-corrected chi connectivity index (χ4v) is 4.14. The summed E-state index contributed by atoms with van der Waals surface area (Å²) in [6, 6.07) is 12.1. The number of rotatable bonds is 8. The van der Waals surface area contributed by atoms with Crippen LogP contribution in [0.3, 0.4) is 0 Å². The number of hydrogen-bond donors (Lipinski definition) is 3. The fourth-order valence-electron chi connectivity index (χ4n) is 4.14. The molecule has 0 aliphatic heterocycles. The van der Waals surface area contributed by atoms with E-state index in [2.05, 4.69) is 43.8 Å². The predicted molar refractivity (Wildman–Crippen MR) is 125 cm³/mol. The Morgan fingerprint density at radius 1 is 1.16 bits per heavy atom. The van der Waals surface area contributed by atoms with Crippen LogP contribution >= 0.6 is 0 Å². The highest BCUT2D eigenvalue weighted by atomic mass is 16.5. The maximum Gasteiger partial charge on any atom is 0.253 e. The number of hydrogen-bond acceptors (Lipinski definition) is 5. The van der Waals surface area contributed by atoms with Crippen molar-refractivity contribution in [2.24, 2.45) is 5.92 Å². The summed E-state index contributed by atoms with van der Waals surface area (Å²) in [5.41, 5.74) is 3.26. The van der Waals surface area contributed by atoms with Crippen molar-refractivity contribution in [1.29, 1.82) is 0 Å². The van der Waals surface area contributed by atoms with E-state index in [1.54, 1.807) is 13.3 Å². The molecule has 3 aromatic heterocycles. The molecule has 1 aliphatic carbocycles. The number of pyridine rings is 2. The topological polar surface area (TPSA) is 91.9 Å². The van der Waals surface area contributed by atoms with Gasteiger partial charge in [0, 0.05) is 29.7 Å². The lowest BCUT2D eigenvalue weighted by molar-refractivity contribution is 0.0950. The van der Waals surface area contributed by atoms with E-state index in [1.807, 2.05) is 24.4 Å². The third-order valence-corrected chi connectivity index (χ3v) is 6.19. The number of H-pyrrole nitrogens is 1. The molecule has 3 N–H and O–H groups in total. The van der Waals surface area contributed by atoms with Gasteiger partial charge in [-0.15, -0.1) is 0 Å². The molecule has 0 radical (unpaired) electrons. The smallest absolute Gasteiger partial charge is 0.253 e. The molecule has 164 valence electrons. The van der Waals surface area contributed by atoms with Crippen LogP contribution in [-0.4, -0.2) is 34.5 Å². The molecule has 4 aromatic rings. The lowest BCUT2D eigenvalue weighted by atomic mass is 9.85. The highest BCUT2D eigenvalue weighted by Crippen LogP contribution is 2.27. The zero-order valence-corrected chi connectivity index (χ0v) is 18.1. The number of carbonyl (C=O) groups is 1. The van der Waals surface area contributed by atoms with Crippen LogP contribution in [0, 0.1) is 5.92 Å². The molecule has 1 amide bonds. The van der Waals surface area contributed by atoms with Crippen LogP contribution in [0.25, 0.3) is 21.8 Å². The molecule has 1 aromatic carbocycles. The molecule has 1 aliphatic rings.